The SMILES string of the molecule is CN1CCC[C@@H]1Cc1cc[c]cc1. The van der Waals surface area contributed by atoms with E-state index in [0.29, 0.717) is 0 Å². The number of hydrogen-bond donors (Lipinski definition) is 0. The fourth-order valence-corrected chi connectivity index (χ4v) is 2.07. The molecular formula is C12H16N. The quantitative estimate of drug-likeness (QED) is 0.664. The van der Waals surface area contributed by atoms with Crippen molar-refractivity contribution < 1.29 is 0 Å². The molecule has 1 aliphatic rings. The van der Waals surface area contributed by atoms with E-state index in [4.69, 9.17) is 0 Å². The highest BCUT2D eigenvalue weighted by Gasteiger charge is 2.20. The third kappa shape index (κ3) is 2.10. The summed E-state index contributed by atoms with van der Waals surface area (Å²) in [7, 11) is 2.23. The number of hydrogen-bond acceptors (Lipinski definition) is 1. The van der Waals surface area contributed by atoms with Crippen LogP contribution in [0.25, 0.3) is 0 Å². The number of rotatable bonds is 2. The van der Waals surface area contributed by atoms with Gasteiger partial charge in [0.1, 0.15) is 0 Å². The Kier molecular flexibility index (Phi) is 2.65. The Bertz CT molecular complexity index is 255. The van der Waals surface area contributed by atoms with Crippen molar-refractivity contribution in [2.45, 2.75) is 25.3 Å². The summed E-state index contributed by atoms with van der Waals surface area (Å²) in [4.78, 5) is 2.47. The predicted molar refractivity (Wildman–Crippen MR) is 54.6 cm³/mol. The first-order valence-corrected chi connectivity index (χ1v) is 5.01. The summed E-state index contributed by atoms with van der Waals surface area (Å²) < 4.78 is 0. The molecule has 0 amide bonds. The highest BCUT2D eigenvalue weighted by Crippen LogP contribution is 2.18. The Morgan fingerprint density at radius 1 is 1.46 bits per heavy atom. The summed E-state index contributed by atoms with van der Waals surface area (Å²) in [5.41, 5.74) is 1.44. The average Bonchev–Trinajstić information content (AvgIpc) is 2.54. The maximum Gasteiger partial charge on any atom is 0.0133 e. The van der Waals surface area contributed by atoms with Crippen LogP contribution in [0.1, 0.15) is 18.4 Å². The molecule has 0 spiro atoms. The molecule has 1 nitrogen and oxygen atoms in total. The zero-order valence-electron chi connectivity index (χ0n) is 8.16. The Morgan fingerprint density at radius 3 is 2.85 bits per heavy atom. The van der Waals surface area contributed by atoms with Crippen molar-refractivity contribution in [1.82, 2.24) is 4.90 Å². The summed E-state index contributed by atoms with van der Waals surface area (Å²) >= 11 is 0. The van der Waals surface area contributed by atoms with E-state index in [1.165, 1.54) is 31.4 Å². The fraction of sp³-hybridized carbons (Fsp3) is 0.500. The molecule has 1 aromatic carbocycles. The minimum Gasteiger partial charge on any atom is -0.303 e. The molecule has 1 heterocycles. The lowest BCUT2D eigenvalue weighted by Crippen LogP contribution is -2.26. The second-order valence-electron chi connectivity index (χ2n) is 3.89. The molecule has 0 bridgehead atoms. The highest BCUT2D eigenvalue weighted by atomic mass is 15.1. The molecule has 1 aliphatic heterocycles. The van der Waals surface area contributed by atoms with Crippen LogP contribution in [0.5, 0.6) is 0 Å². The number of likely N-dealkylation sites (tertiary alicyclic amines) is 1. The van der Waals surface area contributed by atoms with Gasteiger partial charge in [-0.15, -0.1) is 0 Å². The largest absolute Gasteiger partial charge is 0.303 e. The molecule has 1 atom stereocenters. The van der Waals surface area contributed by atoms with Gasteiger partial charge in [-0.2, -0.15) is 0 Å². The normalized spacial score (nSPS) is 23.6. The summed E-state index contributed by atoms with van der Waals surface area (Å²) in [6.07, 6.45) is 3.92. The topological polar surface area (TPSA) is 3.24 Å². The predicted octanol–water partition coefficient (Wildman–Crippen LogP) is 2.12. The van der Waals surface area contributed by atoms with Gasteiger partial charge in [-0.1, -0.05) is 24.3 Å². The monoisotopic (exact) mass is 174 g/mol. The molecule has 69 valence electrons. The van der Waals surface area contributed by atoms with Gasteiger partial charge < -0.3 is 4.90 Å². The lowest BCUT2D eigenvalue weighted by atomic mass is 10.0. The standard InChI is InChI=1S/C12H16N/c1-13-9-5-8-12(13)10-11-6-3-2-4-7-11/h3-4,6-7,12H,5,8-10H2,1H3/t12-/m1/s1. The molecule has 1 radical (unpaired) electrons. The molecule has 1 saturated heterocycles. The number of benzene rings is 1. The highest BCUT2D eigenvalue weighted by molar-refractivity contribution is 5.15. The molecule has 0 N–H and O–H groups in total. The van der Waals surface area contributed by atoms with E-state index in [9.17, 15) is 0 Å². The number of likely N-dealkylation sites (N-methyl/N-ethyl adjacent to an activating group) is 1. The van der Waals surface area contributed by atoms with Gasteiger partial charge in [-0.25, -0.2) is 0 Å². The molecule has 2 rings (SSSR count). The smallest absolute Gasteiger partial charge is 0.0133 e. The summed E-state index contributed by atoms with van der Waals surface area (Å²) in [6, 6.07) is 12.2. The Morgan fingerprint density at radius 2 is 2.23 bits per heavy atom. The van der Waals surface area contributed by atoms with Gasteiger partial charge >= 0.3 is 0 Å². The molecule has 0 saturated carbocycles. The van der Waals surface area contributed by atoms with Crippen LogP contribution in [0, 0.1) is 6.07 Å². The van der Waals surface area contributed by atoms with Crippen LogP contribution < -0.4 is 0 Å². The zero-order chi connectivity index (χ0) is 9.10. The minimum atomic E-state index is 0.766. The van der Waals surface area contributed by atoms with E-state index in [-0.39, 0.29) is 0 Å². The van der Waals surface area contributed by atoms with E-state index in [0.717, 1.165) is 6.04 Å². The molecule has 1 aromatic rings. The summed E-state index contributed by atoms with van der Waals surface area (Å²) in [5.74, 6) is 0. The van der Waals surface area contributed by atoms with Crippen LogP contribution in [0.3, 0.4) is 0 Å². The summed E-state index contributed by atoms with van der Waals surface area (Å²) in [5, 5.41) is 0. The fourth-order valence-electron chi connectivity index (χ4n) is 2.07. The minimum absolute atomic E-state index is 0.766. The molecule has 1 heteroatoms. The van der Waals surface area contributed by atoms with Crippen LogP contribution in [0.4, 0.5) is 0 Å². The van der Waals surface area contributed by atoms with Crippen molar-refractivity contribution in [2.24, 2.45) is 0 Å². The summed E-state index contributed by atoms with van der Waals surface area (Å²) in [6.45, 7) is 1.27. The number of nitrogens with zero attached hydrogens (tertiary/aromatic N) is 1. The van der Waals surface area contributed by atoms with Crippen molar-refractivity contribution in [3.05, 3.63) is 35.9 Å². The van der Waals surface area contributed by atoms with Gasteiger partial charge in [0, 0.05) is 6.04 Å². The van der Waals surface area contributed by atoms with Crippen molar-refractivity contribution in [1.29, 1.82) is 0 Å². The Hall–Kier alpha value is -0.820. The average molecular weight is 174 g/mol. The lowest BCUT2D eigenvalue weighted by molar-refractivity contribution is 0.309. The maximum absolute atomic E-state index is 3.06. The van der Waals surface area contributed by atoms with Gasteiger partial charge in [0.05, 0.1) is 0 Å². The van der Waals surface area contributed by atoms with Crippen LogP contribution in [0.15, 0.2) is 24.3 Å². The van der Waals surface area contributed by atoms with E-state index in [1.54, 1.807) is 0 Å². The first kappa shape index (κ1) is 8.76. The molecule has 0 unspecified atom stereocenters. The third-order valence-electron chi connectivity index (χ3n) is 2.93. The van der Waals surface area contributed by atoms with E-state index in [2.05, 4.69) is 30.1 Å². The first-order chi connectivity index (χ1) is 6.36. The van der Waals surface area contributed by atoms with Crippen molar-refractivity contribution >= 4 is 0 Å². The van der Waals surface area contributed by atoms with Gasteiger partial charge in [0.2, 0.25) is 0 Å². The van der Waals surface area contributed by atoms with E-state index >= 15 is 0 Å². The van der Waals surface area contributed by atoms with Crippen molar-refractivity contribution in [3.63, 3.8) is 0 Å². The van der Waals surface area contributed by atoms with Crippen molar-refractivity contribution in [3.8, 4) is 0 Å². The molecule has 0 aliphatic carbocycles. The van der Waals surface area contributed by atoms with Gasteiger partial charge in [0.15, 0.2) is 0 Å². The van der Waals surface area contributed by atoms with Crippen LogP contribution in [0.2, 0.25) is 0 Å². The third-order valence-corrected chi connectivity index (χ3v) is 2.93. The van der Waals surface area contributed by atoms with Gasteiger partial charge in [0.25, 0.3) is 0 Å². The Labute approximate surface area is 80.4 Å². The van der Waals surface area contributed by atoms with Crippen molar-refractivity contribution in [2.75, 3.05) is 13.6 Å². The Balaban J connectivity index is 1.98. The second-order valence-corrected chi connectivity index (χ2v) is 3.89. The van der Waals surface area contributed by atoms with Gasteiger partial charge in [-0.3, -0.25) is 0 Å². The van der Waals surface area contributed by atoms with Crippen LogP contribution in [-0.4, -0.2) is 24.5 Å². The van der Waals surface area contributed by atoms with Gasteiger partial charge in [-0.05, 0) is 44.5 Å². The maximum atomic E-state index is 3.06. The molecule has 0 aromatic heterocycles. The van der Waals surface area contributed by atoms with E-state index in [1.807, 2.05) is 12.1 Å². The van der Waals surface area contributed by atoms with E-state index < -0.39 is 0 Å². The van der Waals surface area contributed by atoms with Crippen LogP contribution >= 0.6 is 0 Å². The zero-order valence-corrected chi connectivity index (χ0v) is 8.16. The molecule has 13 heavy (non-hydrogen) atoms. The van der Waals surface area contributed by atoms with Crippen LogP contribution in [-0.2, 0) is 6.42 Å². The molecular weight excluding hydrogens is 158 g/mol. The second kappa shape index (κ2) is 3.93. The first-order valence-electron chi connectivity index (χ1n) is 5.01. The molecule has 1 fully saturated rings. The lowest BCUT2D eigenvalue weighted by Gasteiger charge is -2.18.